The molecule has 0 spiro atoms. The molecular weight excluding hydrogens is 344 g/mol. The van der Waals surface area contributed by atoms with Crippen molar-refractivity contribution in [3.63, 3.8) is 0 Å². The van der Waals surface area contributed by atoms with Gasteiger partial charge in [-0.3, -0.25) is 14.6 Å². The van der Waals surface area contributed by atoms with Crippen molar-refractivity contribution in [2.75, 3.05) is 7.11 Å². The highest BCUT2D eigenvalue weighted by molar-refractivity contribution is 5.77. The molecule has 142 valence electrons. The number of hydrogen-bond acceptors (Lipinski definition) is 6. The third-order valence-corrected chi connectivity index (χ3v) is 5.07. The van der Waals surface area contributed by atoms with Crippen molar-refractivity contribution in [1.29, 1.82) is 0 Å². The van der Waals surface area contributed by atoms with Gasteiger partial charge in [0, 0.05) is 36.0 Å². The van der Waals surface area contributed by atoms with Crippen molar-refractivity contribution in [3.8, 4) is 17.1 Å². The van der Waals surface area contributed by atoms with Crippen LogP contribution in [-0.2, 0) is 9.53 Å². The molecule has 0 saturated heterocycles. The van der Waals surface area contributed by atoms with Crippen molar-refractivity contribution >= 4 is 12.3 Å². The van der Waals surface area contributed by atoms with E-state index >= 15 is 0 Å². The molecule has 0 atom stereocenters. The van der Waals surface area contributed by atoms with Gasteiger partial charge in [0.2, 0.25) is 5.88 Å². The summed E-state index contributed by atoms with van der Waals surface area (Å²) in [6.07, 6.45) is 8.50. The largest absolute Gasteiger partial charge is 0.474 e. The van der Waals surface area contributed by atoms with E-state index in [9.17, 15) is 9.59 Å². The Morgan fingerprint density at radius 3 is 2.56 bits per heavy atom. The molecular formula is C21H24N2O4. The minimum atomic E-state index is -0.137. The molecule has 2 heterocycles. The first kappa shape index (κ1) is 19.0. The maximum absolute atomic E-state index is 11.4. The molecule has 1 fully saturated rings. The predicted molar refractivity (Wildman–Crippen MR) is 101 cm³/mol. The second-order valence-electron chi connectivity index (χ2n) is 6.97. The number of hydrogen-bond donors (Lipinski definition) is 0. The van der Waals surface area contributed by atoms with Crippen LogP contribution in [0.5, 0.6) is 5.88 Å². The van der Waals surface area contributed by atoms with Crippen molar-refractivity contribution in [1.82, 2.24) is 9.97 Å². The van der Waals surface area contributed by atoms with Gasteiger partial charge in [-0.1, -0.05) is 0 Å². The molecule has 0 aliphatic heterocycles. The SMILES string of the molecule is COC(=O)CC1CCC(Oc2ccc(-c3cc(C)c(C=O)cn3)cn2)CC1. The van der Waals surface area contributed by atoms with Gasteiger partial charge >= 0.3 is 5.97 Å². The van der Waals surface area contributed by atoms with E-state index in [1.165, 1.54) is 7.11 Å². The van der Waals surface area contributed by atoms with Gasteiger partial charge in [-0.2, -0.15) is 0 Å². The van der Waals surface area contributed by atoms with Gasteiger partial charge in [-0.05, 0) is 56.2 Å². The zero-order chi connectivity index (χ0) is 19.2. The van der Waals surface area contributed by atoms with Gasteiger partial charge in [0.05, 0.1) is 12.8 Å². The van der Waals surface area contributed by atoms with Crippen LogP contribution in [-0.4, -0.2) is 35.4 Å². The fraction of sp³-hybridized carbons (Fsp3) is 0.429. The minimum absolute atomic E-state index is 0.129. The normalized spacial score (nSPS) is 19.3. The van der Waals surface area contributed by atoms with E-state index in [4.69, 9.17) is 9.47 Å². The van der Waals surface area contributed by atoms with E-state index in [0.29, 0.717) is 23.8 Å². The third-order valence-electron chi connectivity index (χ3n) is 5.07. The summed E-state index contributed by atoms with van der Waals surface area (Å²) in [5.41, 5.74) is 3.14. The van der Waals surface area contributed by atoms with Crippen LogP contribution in [0.4, 0.5) is 0 Å². The number of pyridine rings is 2. The lowest BCUT2D eigenvalue weighted by Crippen LogP contribution is -2.25. The van der Waals surface area contributed by atoms with E-state index in [-0.39, 0.29) is 12.1 Å². The van der Waals surface area contributed by atoms with Crippen LogP contribution in [0.25, 0.3) is 11.3 Å². The quantitative estimate of drug-likeness (QED) is 0.570. The Labute approximate surface area is 158 Å². The molecule has 0 unspecified atom stereocenters. The molecule has 0 bridgehead atoms. The van der Waals surface area contributed by atoms with Crippen LogP contribution in [0.2, 0.25) is 0 Å². The number of carbonyl (C=O) groups excluding carboxylic acids is 2. The lowest BCUT2D eigenvalue weighted by atomic mass is 9.85. The van der Waals surface area contributed by atoms with Gasteiger partial charge in [0.1, 0.15) is 6.10 Å². The molecule has 0 aromatic carbocycles. The van der Waals surface area contributed by atoms with Crippen LogP contribution < -0.4 is 4.74 Å². The van der Waals surface area contributed by atoms with Crippen molar-refractivity contribution in [3.05, 3.63) is 41.7 Å². The van der Waals surface area contributed by atoms with E-state index in [0.717, 1.165) is 48.8 Å². The molecule has 6 heteroatoms. The van der Waals surface area contributed by atoms with Crippen LogP contribution >= 0.6 is 0 Å². The van der Waals surface area contributed by atoms with Crippen LogP contribution in [0.15, 0.2) is 30.6 Å². The topological polar surface area (TPSA) is 78.4 Å². The van der Waals surface area contributed by atoms with Gasteiger partial charge < -0.3 is 9.47 Å². The average molecular weight is 368 g/mol. The van der Waals surface area contributed by atoms with Crippen molar-refractivity contribution in [2.24, 2.45) is 5.92 Å². The lowest BCUT2D eigenvalue weighted by Gasteiger charge is -2.28. The summed E-state index contributed by atoms with van der Waals surface area (Å²) in [6.45, 7) is 1.89. The summed E-state index contributed by atoms with van der Waals surface area (Å²) >= 11 is 0. The number of esters is 1. The molecule has 3 rings (SSSR count). The van der Waals surface area contributed by atoms with Crippen LogP contribution in [0, 0.1) is 12.8 Å². The molecule has 1 saturated carbocycles. The molecule has 0 N–H and O–H groups in total. The van der Waals surface area contributed by atoms with Crippen LogP contribution in [0.3, 0.4) is 0 Å². The summed E-state index contributed by atoms with van der Waals surface area (Å²) in [4.78, 5) is 31.0. The van der Waals surface area contributed by atoms with Crippen molar-refractivity contribution < 1.29 is 19.1 Å². The first-order valence-corrected chi connectivity index (χ1v) is 9.20. The monoisotopic (exact) mass is 368 g/mol. The Morgan fingerprint density at radius 1 is 1.19 bits per heavy atom. The van der Waals surface area contributed by atoms with Gasteiger partial charge in [-0.25, -0.2) is 4.98 Å². The van der Waals surface area contributed by atoms with Gasteiger partial charge in [0.15, 0.2) is 6.29 Å². The summed E-state index contributed by atoms with van der Waals surface area (Å²) in [7, 11) is 1.43. The minimum Gasteiger partial charge on any atom is -0.474 e. The number of methoxy groups -OCH3 is 1. The molecule has 0 amide bonds. The van der Waals surface area contributed by atoms with Crippen molar-refractivity contribution in [2.45, 2.75) is 45.1 Å². The molecule has 1 aliphatic rings. The number of nitrogens with zero attached hydrogens (tertiary/aromatic N) is 2. The Morgan fingerprint density at radius 2 is 1.96 bits per heavy atom. The number of aromatic nitrogens is 2. The summed E-state index contributed by atoms with van der Waals surface area (Å²) < 4.78 is 10.7. The highest BCUT2D eigenvalue weighted by Gasteiger charge is 2.24. The number of aryl methyl sites for hydroxylation is 1. The lowest BCUT2D eigenvalue weighted by molar-refractivity contribution is -0.142. The second-order valence-corrected chi connectivity index (χ2v) is 6.97. The van der Waals surface area contributed by atoms with Crippen LogP contribution in [0.1, 0.15) is 48.0 Å². The molecule has 2 aromatic heterocycles. The summed E-state index contributed by atoms with van der Waals surface area (Å²) in [5.74, 6) is 0.842. The van der Waals surface area contributed by atoms with E-state index < -0.39 is 0 Å². The fourth-order valence-corrected chi connectivity index (χ4v) is 3.39. The van der Waals surface area contributed by atoms with Gasteiger partial charge in [-0.15, -0.1) is 0 Å². The Bertz CT molecular complexity index is 796. The Kier molecular flexibility index (Phi) is 6.16. The summed E-state index contributed by atoms with van der Waals surface area (Å²) in [6, 6.07) is 5.65. The Hall–Kier alpha value is -2.76. The highest BCUT2D eigenvalue weighted by atomic mass is 16.5. The smallest absolute Gasteiger partial charge is 0.305 e. The first-order chi connectivity index (χ1) is 13.1. The zero-order valence-electron chi connectivity index (χ0n) is 15.7. The number of rotatable bonds is 6. The molecule has 6 nitrogen and oxygen atoms in total. The maximum Gasteiger partial charge on any atom is 0.305 e. The number of aldehydes is 1. The molecule has 2 aromatic rings. The highest BCUT2D eigenvalue weighted by Crippen LogP contribution is 2.30. The first-order valence-electron chi connectivity index (χ1n) is 9.20. The average Bonchev–Trinajstić information content (AvgIpc) is 2.70. The third kappa shape index (κ3) is 4.90. The second kappa shape index (κ2) is 8.75. The van der Waals surface area contributed by atoms with E-state index in [1.807, 2.05) is 25.1 Å². The number of carbonyl (C=O) groups is 2. The fourth-order valence-electron chi connectivity index (χ4n) is 3.39. The molecule has 1 aliphatic carbocycles. The standard InChI is InChI=1S/C21H24N2O4/c1-14-9-19(22-12-17(14)13-24)16-5-8-20(23-11-16)27-18-6-3-15(4-7-18)10-21(25)26-2/h5,8-9,11-13,15,18H,3-4,6-7,10H2,1-2H3. The van der Waals surface area contributed by atoms with E-state index in [2.05, 4.69) is 9.97 Å². The molecule has 0 radical (unpaired) electrons. The van der Waals surface area contributed by atoms with Gasteiger partial charge in [0.25, 0.3) is 0 Å². The van der Waals surface area contributed by atoms with E-state index in [1.54, 1.807) is 12.4 Å². The Balaban J connectivity index is 1.56. The summed E-state index contributed by atoms with van der Waals surface area (Å²) in [5, 5.41) is 0. The zero-order valence-corrected chi connectivity index (χ0v) is 15.7. The number of ether oxygens (including phenoxy) is 2. The maximum atomic E-state index is 11.4. The molecule has 27 heavy (non-hydrogen) atoms. The predicted octanol–water partition coefficient (Wildman–Crippen LogP) is 3.77.